The first kappa shape index (κ1) is 14.6. The van der Waals surface area contributed by atoms with Crippen LogP contribution < -0.4 is 0 Å². The molecule has 1 N–H and O–H groups in total. The molecule has 1 aliphatic rings. The van der Waals surface area contributed by atoms with Crippen molar-refractivity contribution in [2.75, 3.05) is 13.1 Å². The van der Waals surface area contributed by atoms with E-state index >= 15 is 0 Å². The van der Waals surface area contributed by atoms with Crippen LogP contribution in [0.25, 0.3) is 10.4 Å². The fourth-order valence-corrected chi connectivity index (χ4v) is 1.83. The van der Waals surface area contributed by atoms with E-state index in [2.05, 4.69) is 10.0 Å². The predicted molar refractivity (Wildman–Crippen MR) is 66.0 cm³/mol. The number of hydrogen-bond donors (Lipinski definition) is 1. The summed E-state index contributed by atoms with van der Waals surface area (Å²) in [5, 5.41) is 13.4. The molecule has 7 heteroatoms. The molecule has 1 heterocycles. The van der Waals surface area contributed by atoms with Crippen molar-refractivity contribution in [3.8, 4) is 0 Å². The van der Waals surface area contributed by atoms with Crippen LogP contribution in [-0.2, 0) is 4.74 Å². The zero-order valence-corrected chi connectivity index (χ0v) is 11.0. The highest BCUT2D eigenvalue weighted by atomic mass is 16.6. The molecular weight excluding hydrogens is 236 g/mol. The Balaban J connectivity index is 2.63. The number of amides is 1. The van der Waals surface area contributed by atoms with Crippen LogP contribution in [0, 0.1) is 0 Å². The van der Waals surface area contributed by atoms with Crippen molar-refractivity contribution in [1.29, 1.82) is 0 Å². The molecule has 0 bridgehead atoms. The smallest absolute Gasteiger partial charge is 0.410 e. The maximum atomic E-state index is 11.9. The summed E-state index contributed by atoms with van der Waals surface area (Å²) >= 11 is 0. The third-order valence-electron chi connectivity index (χ3n) is 2.57. The molecular formula is C11H20N4O3. The van der Waals surface area contributed by atoms with Gasteiger partial charge in [-0.2, -0.15) is 0 Å². The van der Waals surface area contributed by atoms with Gasteiger partial charge in [-0.15, -0.1) is 0 Å². The minimum atomic E-state index is -0.685. The number of ether oxygens (including phenoxy) is 1. The van der Waals surface area contributed by atoms with E-state index in [9.17, 15) is 9.90 Å². The molecule has 0 aromatic carbocycles. The second-order valence-corrected chi connectivity index (χ2v) is 5.46. The topological polar surface area (TPSA) is 98.5 Å². The molecule has 0 aromatic rings. The quantitative estimate of drug-likeness (QED) is 0.441. The van der Waals surface area contributed by atoms with Crippen LogP contribution in [0.1, 0.15) is 33.6 Å². The van der Waals surface area contributed by atoms with Crippen molar-refractivity contribution in [3.05, 3.63) is 10.4 Å². The van der Waals surface area contributed by atoms with E-state index in [4.69, 9.17) is 10.3 Å². The molecule has 1 fully saturated rings. The maximum Gasteiger partial charge on any atom is 0.410 e. The van der Waals surface area contributed by atoms with Gasteiger partial charge in [0.2, 0.25) is 0 Å². The first-order valence-electron chi connectivity index (χ1n) is 6.02. The van der Waals surface area contributed by atoms with Gasteiger partial charge in [0.05, 0.1) is 6.10 Å². The van der Waals surface area contributed by atoms with Crippen LogP contribution >= 0.6 is 0 Å². The lowest BCUT2D eigenvalue weighted by molar-refractivity contribution is 0.0173. The van der Waals surface area contributed by atoms with Crippen molar-refractivity contribution in [1.82, 2.24) is 4.90 Å². The third-order valence-corrected chi connectivity index (χ3v) is 2.57. The van der Waals surface area contributed by atoms with Crippen molar-refractivity contribution < 1.29 is 14.6 Å². The standard InChI is InChI=1S/C11H20N4O3/c1-11(2,3)18-10(17)15-5-4-8(13-14-12)6-9(16)7-15/h8-9,16H,4-7H2,1-3H3/t8-,9+/m0/s1. The molecule has 102 valence electrons. The third kappa shape index (κ3) is 4.81. The average Bonchev–Trinajstić information content (AvgIpc) is 2.38. The molecule has 1 amide bonds. The molecule has 0 aromatic heterocycles. The van der Waals surface area contributed by atoms with Gasteiger partial charge in [-0.3, -0.25) is 0 Å². The Hall–Kier alpha value is -1.46. The highest BCUT2D eigenvalue weighted by Gasteiger charge is 2.28. The Kier molecular flexibility index (Phi) is 4.81. The predicted octanol–water partition coefficient (Wildman–Crippen LogP) is 2.06. The molecule has 0 aliphatic carbocycles. The van der Waals surface area contributed by atoms with E-state index in [1.165, 1.54) is 4.90 Å². The molecule has 7 nitrogen and oxygen atoms in total. The normalized spacial score (nSPS) is 25.0. The number of aliphatic hydroxyl groups is 1. The van der Waals surface area contributed by atoms with Gasteiger partial charge in [0.15, 0.2) is 0 Å². The largest absolute Gasteiger partial charge is 0.444 e. The summed E-state index contributed by atoms with van der Waals surface area (Å²) in [6.45, 7) is 6.02. The molecule has 2 atom stereocenters. The van der Waals surface area contributed by atoms with E-state index in [0.29, 0.717) is 19.4 Å². The second-order valence-electron chi connectivity index (χ2n) is 5.46. The van der Waals surface area contributed by atoms with Crippen LogP contribution in [0.2, 0.25) is 0 Å². The fourth-order valence-electron chi connectivity index (χ4n) is 1.83. The molecule has 0 radical (unpaired) electrons. The summed E-state index contributed by atoms with van der Waals surface area (Å²) < 4.78 is 5.25. The van der Waals surface area contributed by atoms with Crippen LogP contribution in [0.3, 0.4) is 0 Å². The van der Waals surface area contributed by atoms with Crippen LogP contribution in [0.4, 0.5) is 4.79 Å². The number of hydrogen-bond acceptors (Lipinski definition) is 4. The number of nitrogens with zero attached hydrogens (tertiary/aromatic N) is 4. The van der Waals surface area contributed by atoms with Gasteiger partial charge in [0.1, 0.15) is 5.60 Å². The number of carbonyl (C=O) groups is 1. The monoisotopic (exact) mass is 256 g/mol. The minimum Gasteiger partial charge on any atom is -0.444 e. The van der Waals surface area contributed by atoms with Crippen molar-refractivity contribution >= 4 is 6.09 Å². The average molecular weight is 256 g/mol. The van der Waals surface area contributed by atoms with Crippen molar-refractivity contribution in [2.24, 2.45) is 5.11 Å². The lowest BCUT2D eigenvalue weighted by atomic mass is 10.1. The summed E-state index contributed by atoms with van der Waals surface area (Å²) in [5.41, 5.74) is 7.84. The Morgan fingerprint density at radius 1 is 1.56 bits per heavy atom. The van der Waals surface area contributed by atoms with E-state index < -0.39 is 17.8 Å². The first-order valence-corrected chi connectivity index (χ1v) is 6.02. The van der Waals surface area contributed by atoms with Crippen molar-refractivity contribution in [3.63, 3.8) is 0 Å². The summed E-state index contributed by atoms with van der Waals surface area (Å²) in [7, 11) is 0. The fraction of sp³-hybridized carbons (Fsp3) is 0.909. The van der Waals surface area contributed by atoms with Gasteiger partial charge in [0, 0.05) is 24.0 Å². The second kappa shape index (κ2) is 5.93. The van der Waals surface area contributed by atoms with E-state index in [0.717, 1.165) is 0 Å². The molecule has 1 saturated heterocycles. The Labute approximate surface area is 106 Å². The Morgan fingerprint density at radius 3 is 2.78 bits per heavy atom. The highest BCUT2D eigenvalue weighted by Crippen LogP contribution is 2.17. The van der Waals surface area contributed by atoms with Crippen LogP contribution in [0.5, 0.6) is 0 Å². The van der Waals surface area contributed by atoms with Gasteiger partial charge in [-0.05, 0) is 39.1 Å². The molecule has 0 saturated carbocycles. The number of aliphatic hydroxyl groups excluding tert-OH is 1. The highest BCUT2D eigenvalue weighted by molar-refractivity contribution is 5.68. The van der Waals surface area contributed by atoms with Gasteiger partial charge >= 0.3 is 6.09 Å². The number of rotatable bonds is 1. The Morgan fingerprint density at radius 2 is 2.22 bits per heavy atom. The van der Waals surface area contributed by atoms with Crippen LogP contribution in [0.15, 0.2) is 5.11 Å². The first-order chi connectivity index (χ1) is 8.31. The SMILES string of the molecule is CC(C)(C)OC(=O)N1CC[C@H](N=[N+]=[N-])C[C@@H](O)C1. The zero-order valence-electron chi connectivity index (χ0n) is 11.0. The van der Waals surface area contributed by atoms with Crippen molar-refractivity contribution in [2.45, 2.75) is 51.4 Å². The summed E-state index contributed by atoms with van der Waals surface area (Å²) in [4.78, 5) is 16.1. The number of likely N-dealkylation sites (tertiary alicyclic amines) is 1. The molecule has 1 aliphatic heterocycles. The Bertz CT molecular complexity index is 347. The number of azide groups is 1. The lowest BCUT2D eigenvalue weighted by Gasteiger charge is -2.27. The number of β-amino-alcohol motifs (C(OH)–C–C–N with tert-alkyl or cyclic N) is 1. The van der Waals surface area contributed by atoms with Gasteiger partial charge in [0.25, 0.3) is 0 Å². The summed E-state index contributed by atoms with van der Waals surface area (Å²) in [6.07, 6.45) is -0.206. The van der Waals surface area contributed by atoms with E-state index in [-0.39, 0.29) is 12.6 Å². The van der Waals surface area contributed by atoms with Gasteiger partial charge in [-0.25, -0.2) is 4.79 Å². The molecule has 0 spiro atoms. The van der Waals surface area contributed by atoms with E-state index in [1.54, 1.807) is 20.8 Å². The minimum absolute atomic E-state index is 0.215. The van der Waals surface area contributed by atoms with E-state index in [1.807, 2.05) is 0 Å². The molecule has 0 unspecified atom stereocenters. The van der Waals surface area contributed by atoms with Gasteiger partial charge < -0.3 is 14.7 Å². The molecule has 18 heavy (non-hydrogen) atoms. The number of carbonyl (C=O) groups excluding carboxylic acids is 1. The summed E-state index contributed by atoms with van der Waals surface area (Å²) in [6, 6.07) is -0.266. The van der Waals surface area contributed by atoms with Crippen LogP contribution in [-0.4, -0.2) is 46.9 Å². The lowest BCUT2D eigenvalue weighted by Crippen LogP contribution is -2.40. The van der Waals surface area contributed by atoms with Gasteiger partial charge in [-0.1, -0.05) is 5.11 Å². The molecule has 1 rings (SSSR count). The zero-order chi connectivity index (χ0) is 13.8. The summed E-state index contributed by atoms with van der Waals surface area (Å²) in [5.74, 6) is 0. The maximum absolute atomic E-state index is 11.9.